The van der Waals surface area contributed by atoms with Crippen LogP contribution in [0.2, 0.25) is 0 Å². The Balaban J connectivity index is 1.47. The third-order valence-electron chi connectivity index (χ3n) is 6.63. The highest BCUT2D eigenvalue weighted by Gasteiger charge is 2.46. The maximum Gasteiger partial charge on any atom is 0.308 e. The summed E-state index contributed by atoms with van der Waals surface area (Å²) in [5.74, 6) is -2.79. The van der Waals surface area contributed by atoms with Crippen LogP contribution in [0.15, 0.2) is 67.3 Å². The van der Waals surface area contributed by atoms with Gasteiger partial charge in [-0.3, -0.25) is 4.79 Å². The number of nitriles is 1. The molecule has 1 saturated heterocycles. The number of carbonyl (C=O) groups excluding carboxylic acids is 1. The van der Waals surface area contributed by atoms with Gasteiger partial charge in [-0.2, -0.15) is 10.4 Å². The van der Waals surface area contributed by atoms with Gasteiger partial charge < -0.3 is 19.9 Å². The molecule has 2 atom stereocenters. The number of esters is 1. The van der Waals surface area contributed by atoms with Gasteiger partial charge in [0.25, 0.3) is 0 Å². The van der Waals surface area contributed by atoms with Crippen LogP contribution in [-0.2, 0) is 31.2 Å². The largest absolute Gasteiger partial charge is 0.451 e. The number of thioether (sulfide) groups is 1. The zero-order chi connectivity index (χ0) is 30.8. The van der Waals surface area contributed by atoms with Crippen molar-refractivity contribution >= 4 is 23.8 Å². The lowest BCUT2D eigenvalue weighted by Gasteiger charge is -2.40. The van der Waals surface area contributed by atoms with Gasteiger partial charge in [0.15, 0.2) is 11.9 Å². The number of nitrogens with zero attached hydrogens (tertiary/aromatic N) is 4. The summed E-state index contributed by atoms with van der Waals surface area (Å²) in [6, 6.07) is 9.22. The monoisotopic (exact) mass is 613 g/mol. The van der Waals surface area contributed by atoms with Crippen molar-refractivity contribution in [1.29, 1.82) is 5.26 Å². The molecule has 13 heteroatoms. The predicted octanol–water partition coefficient (Wildman–Crippen LogP) is 4.49. The first-order chi connectivity index (χ1) is 20.7. The first kappa shape index (κ1) is 32.0. The number of halogens is 3. The molecule has 1 fully saturated rings. The Morgan fingerprint density at radius 2 is 2.02 bits per heavy atom. The minimum atomic E-state index is -1.61. The SMILES string of the molecule is CC(SC1COC(/C=C/C=C/c2ccc(C#N)cc2F)OC1)C(Cn1cncn1)(OC(=O)CCN)c1ccc(F)cc1F. The van der Waals surface area contributed by atoms with E-state index in [9.17, 15) is 13.6 Å². The number of hydrogen-bond donors (Lipinski definition) is 1. The Kier molecular flexibility index (Phi) is 11.1. The summed E-state index contributed by atoms with van der Waals surface area (Å²) in [6.07, 6.45) is 8.48. The summed E-state index contributed by atoms with van der Waals surface area (Å²) in [5, 5.41) is 12.2. The van der Waals surface area contributed by atoms with Crippen LogP contribution in [0.5, 0.6) is 0 Å². The van der Waals surface area contributed by atoms with Gasteiger partial charge in [-0.05, 0) is 37.3 Å². The third-order valence-corrected chi connectivity index (χ3v) is 8.07. The molecule has 1 aliphatic heterocycles. The molecule has 4 rings (SSSR count). The van der Waals surface area contributed by atoms with Crippen LogP contribution in [0, 0.1) is 28.8 Å². The summed E-state index contributed by atoms with van der Waals surface area (Å²) in [4.78, 5) is 16.7. The highest BCUT2D eigenvalue weighted by Crippen LogP contribution is 2.42. The molecule has 43 heavy (non-hydrogen) atoms. The Morgan fingerprint density at radius 3 is 2.67 bits per heavy atom. The normalized spacial score (nSPS) is 19.3. The summed E-state index contributed by atoms with van der Waals surface area (Å²) in [6.45, 7) is 2.24. The number of rotatable bonds is 12. The number of hydrogen-bond acceptors (Lipinski definition) is 9. The van der Waals surface area contributed by atoms with Crippen LogP contribution in [0.4, 0.5) is 13.2 Å². The second-order valence-electron chi connectivity index (χ2n) is 9.65. The Bertz CT molecular complexity index is 1490. The van der Waals surface area contributed by atoms with Crippen LogP contribution in [-0.4, -0.2) is 57.3 Å². The second kappa shape index (κ2) is 15.0. The van der Waals surface area contributed by atoms with Crippen molar-refractivity contribution < 1.29 is 32.2 Å². The van der Waals surface area contributed by atoms with Crippen LogP contribution in [0.1, 0.15) is 30.0 Å². The zero-order valence-corrected chi connectivity index (χ0v) is 24.1. The van der Waals surface area contributed by atoms with E-state index in [1.165, 1.54) is 53.4 Å². The number of aromatic nitrogens is 3. The summed E-state index contributed by atoms with van der Waals surface area (Å²) in [7, 11) is 0. The van der Waals surface area contributed by atoms with Crippen LogP contribution >= 0.6 is 11.8 Å². The maximum absolute atomic E-state index is 15.3. The molecule has 0 saturated carbocycles. The number of benzene rings is 2. The molecule has 9 nitrogen and oxygen atoms in total. The van der Waals surface area contributed by atoms with E-state index in [2.05, 4.69) is 10.1 Å². The smallest absolute Gasteiger partial charge is 0.308 e. The number of allylic oxidation sites excluding steroid dienone is 2. The van der Waals surface area contributed by atoms with Crippen molar-refractivity contribution in [3.05, 3.63) is 101 Å². The molecule has 2 N–H and O–H groups in total. The lowest BCUT2D eigenvalue weighted by atomic mass is 9.89. The van der Waals surface area contributed by atoms with Gasteiger partial charge >= 0.3 is 5.97 Å². The standard InChI is InChI=1S/C30H30F3N5O4S/c1-20(43-24-15-40-29(41-16-24)5-3-2-4-22-7-6-21(14-35)12-26(22)32)30(42-28(39)10-11-34,17-38-19-36-18-37-38)25-9-8-23(31)13-27(25)33/h2-9,12-13,18-20,24,29H,10-11,15-17,34H2,1H3/b4-2+,5-3+. The van der Waals surface area contributed by atoms with Crippen molar-refractivity contribution in [2.24, 2.45) is 5.73 Å². The van der Waals surface area contributed by atoms with E-state index in [-0.39, 0.29) is 49.1 Å². The minimum Gasteiger partial charge on any atom is -0.451 e. The van der Waals surface area contributed by atoms with E-state index < -0.39 is 40.6 Å². The topological polar surface area (TPSA) is 125 Å². The van der Waals surface area contributed by atoms with Gasteiger partial charge in [-0.25, -0.2) is 22.8 Å². The number of ether oxygens (including phenoxy) is 3. The van der Waals surface area contributed by atoms with E-state index >= 15 is 4.39 Å². The molecular formula is C30H30F3N5O4S. The van der Waals surface area contributed by atoms with Gasteiger partial charge in [-0.1, -0.05) is 24.3 Å². The van der Waals surface area contributed by atoms with Gasteiger partial charge in [0.2, 0.25) is 0 Å². The molecular weight excluding hydrogens is 583 g/mol. The number of nitrogens with two attached hydrogens (primary N) is 1. The first-order valence-electron chi connectivity index (χ1n) is 13.4. The maximum atomic E-state index is 15.3. The van der Waals surface area contributed by atoms with Crippen molar-refractivity contribution in [2.45, 2.75) is 42.3 Å². The molecule has 0 radical (unpaired) electrons. The van der Waals surface area contributed by atoms with E-state index in [0.29, 0.717) is 5.56 Å². The fraction of sp³-hybridized carbons (Fsp3) is 0.333. The van der Waals surface area contributed by atoms with Crippen molar-refractivity contribution in [3.8, 4) is 6.07 Å². The predicted molar refractivity (Wildman–Crippen MR) is 154 cm³/mol. The molecule has 2 unspecified atom stereocenters. The Morgan fingerprint density at radius 1 is 1.23 bits per heavy atom. The van der Waals surface area contributed by atoms with Crippen molar-refractivity contribution in [2.75, 3.05) is 19.8 Å². The fourth-order valence-electron chi connectivity index (χ4n) is 4.50. The van der Waals surface area contributed by atoms with Crippen LogP contribution in [0.25, 0.3) is 6.08 Å². The lowest BCUT2D eigenvalue weighted by Crippen LogP contribution is -2.47. The summed E-state index contributed by atoms with van der Waals surface area (Å²) in [5.41, 5.74) is 4.52. The van der Waals surface area contributed by atoms with Gasteiger partial charge in [0.05, 0.1) is 43.1 Å². The van der Waals surface area contributed by atoms with Crippen LogP contribution < -0.4 is 5.73 Å². The molecule has 0 amide bonds. The van der Waals surface area contributed by atoms with E-state index in [1.54, 1.807) is 31.2 Å². The summed E-state index contributed by atoms with van der Waals surface area (Å²) < 4.78 is 62.3. The van der Waals surface area contributed by atoms with Gasteiger partial charge in [-0.15, -0.1) is 11.8 Å². The quantitative estimate of drug-likeness (QED) is 0.232. The first-order valence-corrected chi connectivity index (χ1v) is 14.3. The van der Waals surface area contributed by atoms with E-state index in [4.69, 9.17) is 25.2 Å². The average molecular weight is 614 g/mol. The van der Waals surface area contributed by atoms with Gasteiger partial charge in [0, 0.05) is 29.0 Å². The van der Waals surface area contributed by atoms with Gasteiger partial charge in [0.1, 0.15) is 30.1 Å². The van der Waals surface area contributed by atoms with Crippen molar-refractivity contribution in [3.63, 3.8) is 0 Å². The number of carbonyl (C=O) groups is 1. The van der Waals surface area contributed by atoms with E-state index in [0.717, 1.165) is 12.1 Å². The molecule has 0 bridgehead atoms. The molecule has 3 aromatic rings. The van der Waals surface area contributed by atoms with Crippen LogP contribution in [0.3, 0.4) is 0 Å². The molecule has 0 spiro atoms. The molecule has 0 aliphatic carbocycles. The van der Waals surface area contributed by atoms with E-state index in [1.807, 2.05) is 6.07 Å². The molecule has 1 aromatic heterocycles. The minimum absolute atomic E-state index is 0.0151. The molecule has 2 heterocycles. The fourth-order valence-corrected chi connectivity index (χ4v) is 5.86. The third kappa shape index (κ3) is 8.32. The Hall–Kier alpha value is -3.96. The van der Waals surface area contributed by atoms with Crippen molar-refractivity contribution in [1.82, 2.24) is 14.8 Å². The lowest BCUT2D eigenvalue weighted by molar-refractivity contribution is -0.163. The molecule has 2 aromatic carbocycles. The highest BCUT2D eigenvalue weighted by atomic mass is 32.2. The molecule has 226 valence electrons. The highest BCUT2D eigenvalue weighted by molar-refractivity contribution is 8.00. The average Bonchev–Trinajstić information content (AvgIpc) is 3.49. The molecule has 1 aliphatic rings. The Labute approximate surface area is 251 Å². The zero-order valence-electron chi connectivity index (χ0n) is 23.2. The second-order valence-corrected chi connectivity index (χ2v) is 11.3. The summed E-state index contributed by atoms with van der Waals surface area (Å²) >= 11 is 1.37.